The van der Waals surface area contributed by atoms with E-state index in [2.05, 4.69) is 12.2 Å². The van der Waals surface area contributed by atoms with Crippen LogP contribution in [-0.2, 0) is 14.3 Å². The first-order chi connectivity index (χ1) is 10.6. The van der Waals surface area contributed by atoms with Gasteiger partial charge in [0.25, 0.3) is 0 Å². The lowest BCUT2D eigenvalue weighted by Crippen LogP contribution is -2.53. The summed E-state index contributed by atoms with van der Waals surface area (Å²) < 4.78 is 10.5. The van der Waals surface area contributed by atoms with Gasteiger partial charge in [-0.1, -0.05) is 52.4 Å². The van der Waals surface area contributed by atoms with Crippen LogP contribution >= 0.6 is 0 Å². The minimum absolute atomic E-state index is 0.297. The molecule has 5 nitrogen and oxygen atoms in total. The summed E-state index contributed by atoms with van der Waals surface area (Å²) in [5.74, 6) is -0.297. The number of amides is 1. The number of hydrogen-bond acceptors (Lipinski definition) is 4. The van der Waals surface area contributed by atoms with Gasteiger partial charge < -0.3 is 14.8 Å². The summed E-state index contributed by atoms with van der Waals surface area (Å²) in [5.41, 5.74) is -0.867. The summed E-state index contributed by atoms with van der Waals surface area (Å²) in [5, 5.41) is 2.77. The lowest BCUT2D eigenvalue weighted by Gasteiger charge is -2.27. The molecule has 0 spiro atoms. The van der Waals surface area contributed by atoms with Crippen LogP contribution in [0.1, 0.15) is 78.1 Å². The van der Waals surface area contributed by atoms with E-state index in [-0.39, 0.29) is 5.97 Å². The van der Waals surface area contributed by atoms with Crippen molar-refractivity contribution < 1.29 is 19.1 Å². The van der Waals surface area contributed by atoms with Gasteiger partial charge in [-0.3, -0.25) is 0 Å². The molecule has 22 heavy (non-hydrogen) atoms. The van der Waals surface area contributed by atoms with Crippen molar-refractivity contribution in [3.63, 3.8) is 0 Å². The summed E-state index contributed by atoms with van der Waals surface area (Å²) in [6, 6.07) is 0. The van der Waals surface area contributed by atoms with Crippen LogP contribution in [0.15, 0.2) is 0 Å². The molecule has 0 radical (unpaired) electrons. The number of carbonyl (C=O) groups is 2. The Kier molecular flexibility index (Phi) is 8.94. The van der Waals surface area contributed by atoms with E-state index in [9.17, 15) is 9.59 Å². The second kappa shape index (κ2) is 10.5. The second-order valence-electron chi connectivity index (χ2n) is 6.10. The predicted molar refractivity (Wildman–Crippen MR) is 85.7 cm³/mol. The molecule has 1 aliphatic rings. The van der Waals surface area contributed by atoms with Gasteiger partial charge in [-0.15, -0.1) is 0 Å². The van der Waals surface area contributed by atoms with Crippen LogP contribution in [0.4, 0.5) is 4.79 Å². The zero-order chi connectivity index (χ0) is 16.3. The Hall–Kier alpha value is -1.26. The summed E-state index contributed by atoms with van der Waals surface area (Å²) in [4.78, 5) is 24.2. The molecule has 0 aromatic heterocycles. The largest absolute Gasteiger partial charge is 0.464 e. The molecule has 1 fully saturated rings. The van der Waals surface area contributed by atoms with Crippen molar-refractivity contribution in [3.8, 4) is 0 Å². The van der Waals surface area contributed by atoms with Gasteiger partial charge in [0.05, 0.1) is 13.2 Å². The van der Waals surface area contributed by atoms with Gasteiger partial charge in [-0.05, 0) is 25.7 Å². The van der Waals surface area contributed by atoms with E-state index in [0.717, 1.165) is 51.4 Å². The molecule has 1 N–H and O–H groups in total. The second-order valence-corrected chi connectivity index (χ2v) is 6.10. The minimum atomic E-state index is -0.867. The Morgan fingerprint density at radius 2 is 1.55 bits per heavy atom. The van der Waals surface area contributed by atoms with Crippen LogP contribution < -0.4 is 5.32 Å². The fraction of sp³-hybridized carbons (Fsp3) is 0.882. The maximum atomic E-state index is 12.4. The quantitative estimate of drug-likeness (QED) is 0.490. The van der Waals surface area contributed by atoms with Crippen molar-refractivity contribution in [2.45, 2.75) is 83.6 Å². The summed E-state index contributed by atoms with van der Waals surface area (Å²) >= 11 is 0. The van der Waals surface area contributed by atoms with Gasteiger partial charge in [0.2, 0.25) is 0 Å². The minimum Gasteiger partial charge on any atom is -0.464 e. The molecule has 0 aliphatic heterocycles. The third-order valence-electron chi connectivity index (χ3n) is 4.15. The average molecular weight is 313 g/mol. The zero-order valence-corrected chi connectivity index (χ0v) is 14.1. The molecule has 0 bridgehead atoms. The molecule has 0 aromatic carbocycles. The first kappa shape index (κ1) is 18.8. The first-order valence-corrected chi connectivity index (χ1v) is 8.77. The molecule has 0 aromatic rings. The molecule has 0 saturated heterocycles. The van der Waals surface area contributed by atoms with Crippen molar-refractivity contribution in [2.75, 3.05) is 13.2 Å². The maximum Gasteiger partial charge on any atom is 0.408 e. The normalized spacial score (nSPS) is 16.3. The number of unbranched alkanes of at least 4 members (excludes halogenated alkanes) is 4. The van der Waals surface area contributed by atoms with Gasteiger partial charge in [0.1, 0.15) is 5.54 Å². The summed E-state index contributed by atoms with van der Waals surface area (Å²) in [6.45, 7) is 5.01. The molecule has 1 saturated carbocycles. The van der Waals surface area contributed by atoms with Crippen molar-refractivity contribution in [2.24, 2.45) is 0 Å². The van der Waals surface area contributed by atoms with E-state index >= 15 is 0 Å². The van der Waals surface area contributed by atoms with Crippen LogP contribution in [0.2, 0.25) is 0 Å². The fourth-order valence-corrected chi connectivity index (χ4v) is 2.73. The van der Waals surface area contributed by atoms with Gasteiger partial charge >= 0.3 is 12.1 Å². The third kappa shape index (κ3) is 6.24. The number of esters is 1. The molecule has 1 aliphatic carbocycles. The first-order valence-electron chi connectivity index (χ1n) is 8.77. The number of nitrogens with one attached hydrogen (secondary N) is 1. The third-order valence-corrected chi connectivity index (χ3v) is 4.15. The molecular formula is C17H31NO4. The van der Waals surface area contributed by atoms with Crippen molar-refractivity contribution in [1.29, 1.82) is 0 Å². The number of rotatable bonds is 10. The topological polar surface area (TPSA) is 64.6 Å². The molecule has 0 atom stereocenters. The molecule has 128 valence electrons. The molecule has 5 heteroatoms. The maximum absolute atomic E-state index is 12.4. The van der Waals surface area contributed by atoms with Gasteiger partial charge in [-0.2, -0.15) is 0 Å². The van der Waals surface area contributed by atoms with E-state index in [1.807, 2.05) is 6.92 Å². The van der Waals surface area contributed by atoms with Crippen LogP contribution in [0.5, 0.6) is 0 Å². The van der Waals surface area contributed by atoms with Gasteiger partial charge in [0.15, 0.2) is 0 Å². The lowest BCUT2D eigenvalue weighted by molar-refractivity contribution is -0.151. The van der Waals surface area contributed by atoms with Gasteiger partial charge in [0, 0.05) is 0 Å². The number of hydrogen-bond donors (Lipinski definition) is 1. The van der Waals surface area contributed by atoms with Crippen molar-refractivity contribution >= 4 is 12.1 Å². The fourth-order valence-electron chi connectivity index (χ4n) is 2.73. The van der Waals surface area contributed by atoms with Crippen molar-refractivity contribution in [3.05, 3.63) is 0 Å². The van der Waals surface area contributed by atoms with E-state index < -0.39 is 11.6 Å². The average Bonchev–Trinajstić information content (AvgIpc) is 2.97. The number of carbonyl (C=O) groups excluding carboxylic acids is 2. The van der Waals surface area contributed by atoms with Crippen molar-refractivity contribution in [1.82, 2.24) is 5.32 Å². The van der Waals surface area contributed by atoms with E-state index in [4.69, 9.17) is 9.47 Å². The van der Waals surface area contributed by atoms with E-state index in [1.165, 1.54) is 0 Å². The Bertz CT molecular complexity index is 338. The van der Waals surface area contributed by atoms with Crippen LogP contribution in [0.25, 0.3) is 0 Å². The molecule has 0 unspecified atom stereocenters. The SMILES string of the molecule is CCCCCCOC(=O)C1(NC(=O)OCCCC)CCCC1. The molecule has 1 amide bonds. The van der Waals surface area contributed by atoms with Crippen LogP contribution in [0, 0.1) is 0 Å². The number of ether oxygens (including phenoxy) is 2. The summed E-state index contributed by atoms with van der Waals surface area (Å²) in [7, 11) is 0. The molecular weight excluding hydrogens is 282 g/mol. The smallest absolute Gasteiger partial charge is 0.408 e. The Morgan fingerprint density at radius 3 is 2.18 bits per heavy atom. The van der Waals surface area contributed by atoms with Gasteiger partial charge in [-0.25, -0.2) is 9.59 Å². The summed E-state index contributed by atoms with van der Waals surface area (Å²) in [6.07, 6.45) is 8.72. The highest BCUT2D eigenvalue weighted by Gasteiger charge is 2.44. The Morgan fingerprint density at radius 1 is 0.909 bits per heavy atom. The highest BCUT2D eigenvalue weighted by molar-refractivity contribution is 5.86. The highest BCUT2D eigenvalue weighted by atomic mass is 16.6. The highest BCUT2D eigenvalue weighted by Crippen LogP contribution is 2.31. The molecule has 0 heterocycles. The predicted octanol–water partition coefficient (Wildman–Crippen LogP) is 3.95. The Balaban J connectivity index is 2.41. The van der Waals surface area contributed by atoms with Crippen LogP contribution in [-0.4, -0.2) is 30.8 Å². The lowest BCUT2D eigenvalue weighted by atomic mass is 9.98. The monoisotopic (exact) mass is 313 g/mol. The van der Waals surface area contributed by atoms with Crippen LogP contribution in [0.3, 0.4) is 0 Å². The van der Waals surface area contributed by atoms with E-state index in [0.29, 0.717) is 26.1 Å². The zero-order valence-electron chi connectivity index (χ0n) is 14.1. The Labute approximate surface area is 134 Å². The van der Waals surface area contributed by atoms with E-state index in [1.54, 1.807) is 0 Å². The molecule has 1 rings (SSSR count). The number of alkyl carbamates (subject to hydrolysis) is 1. The standard InChI is InChI=1S/C17H31NO4/c1-3-5-7-10-14-21-15(19)17(11-8-9-12-17)18-16(20)22-13-6-4-2/h3-14H2,1-2H3,(H,18,20).